The number of ether oxygens (including phenoxy) is 2. The fraction of sp³-hybridized carbons (Fsp3) is 0.952. The van der Waals surface area contributed by atoms with Crippen molar-refractivity contribution in [3.05, 3.63) is 0 Å². The number of carbonyl (C=O) groups excluding carboxylic acids is 2. The molecule has 0 aromatic carbocycles. The van der Waals surface area contributed by atoms with Crippen molar-refractivity contribution in [1.29, 1.82) is 0 Å². The van der Waals surface area contributed by atoms with Gasteiger partial charge < -0.3 is 19.5 Å². The Hall–Kier alpha value is -1.14. The molecule has 0 fully saturated rings. The zero-order valence-corrected chi connectivity index (χ0v) is 32.7. The van der Waals surface area contributed by atoms with E-state index in [4.69, 9.17) is 9.47 Å². The molecular weight excluding hydrogens is 598 g/mol. The predicted octanol–water partition coefficient (Wildman–Crippen LogP) is 11.6. The maximum Gasteiger partial charge on any atom is 0.305 e. The van der Waals surface area contributed by atoms with Crippen LogP contribution in [0.1, 0.15) is 207 Å². The SMILES string of the molecule is CCCCC(CCCC)CCCCCC(=O)OCCCCCN(CCO)CCCCCOC(=O)CCCCCC(CCCC)CCCC. The lowest BCUT2D eigenvalue weighted by molar-refractivity contribution is -0.144. The fourth-order valence-electron chi connectivity index (χ4n) is 6.82. The third-order valence-electron chi connectivity index (χ3n) is 10.0. The van der Waals surface area contributed by atoms with Gasteiger partial charge in [-0.05, 0) is 76.3 Å². The van der Waals surface area contributed by atoms with E-state index in [0.29, 0.717) is 32.6 Å². The lowest BCUT2D eigenvalue weighted by Gasteiger charge is -2.21. The molecule has 0 radical (unpaired) electrons. The minimum Gasteiger partial charge on any atom is -0.466 e. The Balaban J connectivity index is 3.79. The first-order valence-corrected chi connectivity index (χ1v) is 21.1. The van der Waals surface area contributed by atoms with E-state index in [2.05, 4.69) is 32.6 Å². The summed E-state index contributed by atoms with van der Waals surface area (Å²) in [5.41, 5.74) is 0. The van der Waals surface area contributed by atoms with Crippen molar-refractivity contribution in [2.24, 2.45) is 11.8 Å². The van der Waals surface area contributed by atoms with Crippen molar-refractivity contribution in [3.63, 3.8) is 0 Å². The van der Waals surface area contributed by atoms with Crippen LogP contribution in [0.5, 0.6) is 0 Å². The number of aliphatic hydroxyl groups excluding tert-OH is 1. The van der Waals surface area contributed by atoms with Gasteiger partial charge in [-0.2, -0.15) is 0 Å². The van der Waals surface area contributed by atoms with Gasteiger partial charge in [0.05, 0.1) is 19.8 Å². The number of nitrogens with zero attached hydrogens (tertiary/aromatic N) is 1. The number of unbranched alkanes of at least 4 members (excludes halogenated alkanes) is 12. The summed E-state index contributed by atoms with van der Waals surface area (Å²) in [7, 11) is 0. The van der Waals surface area contributed by atoms with Crippen LogP contribution in [0.3, 0.4) is 0 Å². The number of carbonyl (C=O) groups is 2. The lowest BCUT2D eigenvalue weighted by Crippen LogP contribution is -2.29. The molecule has 0 amide bonds. The summed E-state index contributed by atoms with van der Waals surface area (Å²) < 4.78 is 11.0. The van der Waals surface area contributed by atoms with E-state index >= 15 is 0 Å². The first kappa shape index (κ1) is 46.9. The summed E-state index contributed by atoms with van der Waals surface area (Å²) in [5.74, 6) is 1.67. The molecule has 0 aliphatic carbocycles. The molecule has 0 heterocycles. The maximum atomic E-state index is 12.1. The summed E-state index contributed by atoms with van der Waals surface area (Å²) in [6, 6.07) is 0. The van der Waals surface area contributed by atoms with Gasteiger partial charge in [0.2, 0.25) is 0 Å². The van der Waals surface area contributed by atoms with Crippen molar-refractivity contribution in [3.8, 4) is 0 Å². The van der Waals surface area contributed by atoms with Gasteiger partial charge in [0, 0.05) is 19.4 Å². The summed E-state index contributed by atoms with van der Waals surface area (Å²) >= 11 is 0. The zero-order valence-electron chi connectivity index (χ0n) is 32.7. The van der Waals surface area contributed by atoms with E-state index in [0.717, 1.165) is 89.1 Å². The zero-order chi connectivity index (χ0) is 35.3. The Kier molecular flexibility index (Phi) is 36.2. The van der Waals surface area contributed by atoms with Crippen LogP contribution in [0.25, 0.3) is 0 Å². The molecule has 0 saturated carbocycles. The minimum atomic E-state index is -0.0416. The number of esters is 2. The second kappa shape index (κ2) is 37.1. The largest absolute Gasteiger partial charge is 0.466 e. The highest BCUT2D eigenvalue weighted by atomic mass is 16.5. The van der Waals surface area contributed by atoms with Crippen molar-refractivity contribution in [1.82, 2.24) is 4.90 Å². The third-order valence-corrected chi connectivity index (χ3v) is 10.0. The summed E-state index contributed by atoms with van der Waals surface area (Å²) in [6.07, 6.45) is 32.3. The van der Waals surface area contributed by atoms with Crippen LogP contribution in [-0.2, 0) is 19.1 Å². The average molecular weight is 682 g/mol. The molecule has 0 rings (SSSR count). The standard InChI is InChI=1S/C42H83NO5/c1-5-9-25-39(26-10-6-2)29-17-13-19-31-41(45)47-37-23-15-21-33-43(35-36-44)34-22-16-24-38-48-42(46)32-20-14-18-30-40(27-11-7-3)28-12-8-4/h39-40,44H,5-38H2,1-4H3. The molecule has 0 aromatic rings. The Morgan fingerprint density at radius 3 is 1.17 bits per heavy atom. The van der Waals surface area contributed by atoms with Gasteiger partial charge in [-0.15, -0.1) is 0 Å². The summed E-state index contributed by atoms with van der Waals surface area (Å²) in [5, 5.41) is 9.48. The van der Waals surface area contributed by atoms with E-state index in [1.165, 1.54) is 103 Å². The van der Waals surface area contributed by atoms with Gasteiger partial charge in [-0.25, -0.2) is 0 Å². The number of hydrogen-bond acceptors (Lipinski definition) is 6. The normalized spacial score (nSPS) is 11.7. The van der Waals surface area contributed by atoms with Gasteiger partial charge in [0.25, 0.3) is 0 Å². The van der Waals surface area contributed by atoms with Gasteiger partial charge >= 0.3 is 11.9 Å². The molecule has 0 bridgehead atoms. The Morgan fingerprint density at radius 2 is 0.812 bits per heavy atom. The average Bonchev–Trinajstić information content (AvgIpc) is 3.08. The van der Waals surface area contributed by atoms with Gasteiger partial charge in [-0.3, -0.25) is 9.59 Å². The van der Waals surface area contributed by atoms with Crippen molar-refractivity contribution >= 4 is 11.9 Å². The monoisotopic (exact) mass is 682 g/mol. The quantitative estimate of drug-likeness (QED) is 0.0516. The fourth-order valence-corrected chi connectivity index (χ4v) is 6.82. The topological polar surface area (TPSA) is 76.1 Å². The van der Waals surface area contributed by atoms with Gasteiger partial charge in [-0.1, -0.05) is 143 Å². The highest BCUT2D eigenvalue weighted by Gasteiger charge is 2.11. The van der Waals surface area contributed by atoms with Crippen LogP contribution >= 0.6 is 0 Å². The van der Waals surface area contributed by atoms with E-state index < -0.39 is 0 Å². The Bertz CT molecular complexity index is 617. The summed E-state index contributed by atoms with van der Waals surface area (Å²) in [6.45, 7) is 12.9. The highest BCUT2D eigenvalue weighted by molar-refractivity contribution is 5.69. The lowest BCUT2D eigenvalue weighted by atomic mass is 9.90. The molecule has 0 aliphatic rings. The van der Waals surface area contributed by atoms with Gasteiger partial charge in [0.1, 0.15) is 0 Å². The van der Waals surface area contributed by atoms with E-state index in [1.807, 2.05) is 0 Å². The van der Waals surface area contributed by atoms with Crippen LogP contribution < -0.4 is 0 Å². The van der Waals surface area contributed by atoms with Crippen LogP contribution in [0.4, 0.5) is 0 Å². The molecule has 0 atom stereocenters. The van der Waals surface area contributed by atoms with Crippen LogP contribution in [0.15, 0.2) is 0 Å². The molecule has 0 unspecified atom stereocenters. The molecule has 0 aromatic heterocycles. The van der Waals surface area contributed by atoms with Crippen molar-refractivity contribution < 1.29 is 24.2 Å². The van der Waals surface area contributed by atoms with Crippen molar-refractivity contribution in [2.75, 3.05) is 39.5 Å². The highest BCUT2D eigenvalue weighted by Crippen LogP contribution is 2.24. The summed E-state index contributed by atoms with van der Waals surface area (Å²) in [4.78, 5) is 26.6. The van der Waals surface area contributed by atoms with E-state index in [1.54, 1.807) is 0 Å². The Morgan fingerprint density at radius 1 is 0.458 bits per heavy atom. The molecular formula is C42H83NO5. The molecule has 6 heteroatoms. The second-order valence-electron chi connectivity index (χ2n) is 14.6. The van der Waals surface area contributed by atoms with Crippen LogP contribution in [-0.4, -0.2) is 61.4 Å². The predicted molar refractivity (Wildman–Crippen MR) is 204 cm³/mol. The first-order valence-electron chi connectivity index (χ1n) is 21.1. The first-order chi connectivity index (χ1) is 23.5. The molecule has 1 N–H and O–H groups in total. The van der Waals surface area contributed by atoms with E-state index in [-0.39, 0.29) is 18.5 Å². The number of aliphatic hydroxyl groups is 1. The molecule has 48 heavy (non-hydrogen) atoms. The molecule has 286 valence electrons. The Labute approximate surface area is 299 Å². The van der Waals surface area contributed by atoms with E-state index in [9.17, 15) is 14.7 Å². The second-order valence-corrected chi connectivity index (χ2v) is 14.6. The molecule has 0 saturated heterocycles. The number of hydrogen-bond donors (Lipinski definition) is 1. The minimum absolute atomic E-state index is 0.0416. The van der Waals surface area contributed by atoms with Gasteiger partial charge in [0.15, 0.2) is 0 Å². The molecule has 0 aliphatic heterocycles. The third kappa shape index (κ3) is 32.1. The molecule has 0 spiro atoms. The van der Waals surface area contributed by atoms with Crippen LogP contribution in [0.2, 0.25) is 0 Å². The number of rotatable bonds is 38. The molecule has 6 nitrogen and oxygen atoms in total. The maximum absolute atomic E-state index is 12.1. The van der Waals surface area contributed by atoms with Crippen molar-refractivity contribution in [2.45, 2.75) is 207 Å². The smallest absolute Gasteiger partial charge is 0.305 e. The van der Waals surface area contributed by atoms with Crippen LogP contribution in [0, 0.1) is 11.8 Å².